The van der Waals surface area contributed by atoms with E-state index >= 15 is 0 Å². The van der Waals surface area contributed by atoms with E-state index in [4.69, 9.17) is 25.1 Å². The molecule has 14 heteroatoms. The first-order valence-corrected chi connectivity index (χ1v) is 9.80. The van der Waals surface area contributed by atoms with Crippen molar-refractivity contribution in [2.45, 2.75) is 6.54 Å². The highest BCUT2D eigenvalue weighted by atomic mass is 31.2. The molecule has 3 aromatic heterocycles. The molecule has 0 aliphatic heterocycles. The fourth-order valence-corrected chi connectivity index (χ4v) is 2.87. The minimum absolute atomic E-state index is 0.0372. The van der Waals surface area contributed by atoms with Crippen molar-refractivity contribution >= 4 is 35.7 Å². The molecular weight excluding hydrogens is 391 g/mol. The van der Waals surface area contributed by atoms with E-state index in [0.29, 0.717) is 22.2 Å². The molecule has 0 saturated heterocycles. The first-order valence-electron chi connectivity index (χ1n) is 8.00. The van der Waals surface area contributed by atoms with Crippen molar-refractivity contribution in [2.24, 2.45) is 0 Å². The third kappa shape index (κ3) is 3.77. The summed E-state index contributed by atoms with van der Waals surface area (Å²) >= 11 is 0. The summed E-state index contributed by atoms with van der Waals surface area (Å²) in [6.45, 7) is 0.295. The first-order chi connectivity index (χ1) is 13.4. The quantitative estimate of drug-likeness (QED) is 0.281. The Kier molecular flexibility index (Phi) is 4.65. The van der Waals surface area contributed by atoms with Gasteiger partial charge < -0.3 is 29.7 Å². The van der Waals surface area contributed by atoms with Gasteiger partial charge in [-0.05, 0) is 17.3 Å². The second kappa shape index (κ2) is 7.13. The van der Waals surface area contributed by atoms with Crippen molar-refractivity contribution in [2.75, 3.05) is 18.7 Å². The molecule has 3 heterocycles. The third-order valence-corrected chi connectivity index (χ3v) is 4.20. The smallest absolute Gasteiger partial charge is 0.350 e. The molecular formula is C14H15N8O5P. The lowest BCUT2D eigenvalue weighted by Crippen LogP contribution is -2.11. The van der Waals surface area contributed by atoms with E-state index in [1.165, 1.54) is 11.2 Å². The molecule has 0 spiro atoms. The van der Waals surface area contributed by atoms with Crippen LogP contribution in [0, 0.1) is 0 Å². The molecule has 0 amide bonds. The number of nitrogen functional groups attached to an aromatic ring is 1. The predicted octanol–water partition coefficient (Wildman–Crippen LogP) is 0.147. The number of fused-ring (bicyclic) bond motifs is 2. The van der Waals surface area contributed by atoms with E-state index in [-0.39, 0.29) is 25.0 Å². The van der Waals surface area contributed by atoms with Crippen LogP contribution in [-0.2, 0) is 15.8 Å². The van der Waals surface area contributed by atoms with Crippen LogP contribution < -0.4 is 10.6 Å². The Morgan fingerprint density at radius 3 is 2.86 bits per heavy atom. The topological polar surface area (TPSA) is 176 Å². The zero-order chi connectivity index (χ0) is 19.7. The van der Waals surface area contributed by atoms with Crippen LogP contribution in [0.3, 0.4) is 0 Å². The molecule has 146 valence electrons. The minimum atomic E-state index is -4.22. The van der Waals surface area contributed by atoms with Crippen LogP contribution in [0.5, 0.6) is 5.88 Å². The monoisotopic (exact) mass is 406 g/mol. The highest BCUT2D eigenvalue weighted by Crippen LogP contribution is 2.33. The van der Waals surface area contributed by atoms with Gasteiger partial charge in [-0.25, -0.2) is 4.98 Å². The van der Waals surface area contributed by atoms with Gasteiger partial charge in [0.05, 0.1) is 12.9 Å². The van der Waals surface area contributed by atoms with Gasteiger partial charge >= 0.3 is 7.60 Å². The number of nitrogens with zero attached hydrogens (tertiary/aromatic N) is 7. The lowest BCUT2D eigenvalue weighted by Gasteiger charge is -2.08. The number of nitrogens with two attached hydrogens (primary N) is 1. The second-order valence-corrected chi connectivity index (χ2v) is 7.33. The summed E-state index contributed by atoms with van der Waals surface area (Å²) in [5.74, 6) is 0.0536. The summed E-state index contributed by atoms with van der Waals surface area (Å²) in [5, 5.41) is 7.93. The van der Waals surface area contributed by atoms with Crippen LogP contribution in [-0.4, -0.2) is 57.4 Å². The number of anilines is 1. The summed E-state index contributed by atoms with van der Waals surface area (Å²) in [6.07, 6.45) is 0.816. The van der Waals surface area contributed by atoms with E-state index in [1.807, 2.05) is 12.1 Å². The Morgan fingerprint density at radius 1 is 1.21 bits per heavy atom. The van der Waals surface area contributed by atoms with Gasteiger partial charge in [0.15, 0.2) is 11.2 Å². The molecule has 0 saturated carbocycles. The maximum absolute atomic E-state index is 10.8. The van der Waals surface area contributed by atoms with Gasteiger partial charge in [0.1, 0.15) is 17.4 Å². The van der Waals surface area contributed by atoms with Crippen LogP contribution in [0.2, 0.25) is 0 Å². The number of ether oxygens (including phenoxy) is 1. The molecule has 0 aliphatic rings. The Labute approximate surface area is 156 Å². The highest BCUT2D eigenvalue weighted by molar-refractivity contribution is 7.51. The Morgan fingerprint density at radius 2 is 2.04 bits per heavy atom. The maximum atomic E-state index is 10.8. The summed E-state index contributed by atoms with van der Waals surface area (Å²) in [7, 11) is -4.22. The molecule has 4 rings (SSSR count). The van der Waals surface area contributed by atoms with Gasteiger partial charge in [-0.3, -0.25) is 4.57 Å². The van der Waals surface area contributed by atoms with Crippen molar-refractivity contribution < 1.29 is 23.9 Å². The summed E-state index contributed by atoms with van der Waals surface area (Å²) in [6, 6.07) is 7.23. The third-order valence-electron chi connectivity index (χ3n) is 3.68. The van der Waals surface area contributed by atoms with Crippen molar-refractivity contribution in [3.63, 3.8) is 0 Å². The van der Waals surface area contributed by atoms with Crippen molar-refractivity contribution in [3.8, 4) is 5.88 Å². The van der Waals surface area contributed by atoms with E-state index < -0.39 is 13.9 Å². The predicted molar refractivity (Wildman–Crippen MR) is 96.2 cm³/mol. The van der Waals surface area contributed by atoms with E-state index in [0.717, 1.165) is 0 Å². The molecule has 28 heavy (non-hydrogen) atoms. The molecule has 0 bridgehead atoms. The van der Waals surface area contributed by atoms with Crippen LogP contribution in [0.25, 0.3) is 22.2 Å². The standard InChI is InChI=1S/C14H15N8O5P/c15-14-17-12-11(16-7-21(12)5-6-26-8-28(23,24)25)13(18-14)27-22-10-4-2-1-3-9(10)19-20-22/h1-4,7H,5-6,8H2,(H2,15,17,18)(H2,23,24,25). The fraction of sp³-hybridized carbons (Fsp3) is 0.214. The van der Waals surface area contributed by atoms with Crippen molar-refractivity contribution in [1.82, 2.24) is 34.7 Å². The van der Waals surface area contributed by atoms with E-state index in [9.17, 15) is 4.57 Å². The lowest BCUT2D eigenvalue weighted by atomic mass is 10.3. The number of hydrogen-bond acceptors (Lipinski definition) is 9. The number of rotatable bonds is 7. The number of hydrogen-bond donors (Lipinski definition) is 3. The molecule has 0 atom stereocenters. The average molecular weight is 406 g/mol. The van der Waals surface area contributed by atoms with Crippen LogP contribution in [0.4, 0.5) is 5.95 Å². The fourth-order valence-electron chi connectivity index (χ4n) is 2.50. The largest absolute Gasteiger partial charge is 0.368 e. The van der Waals surface area contributed by atoms with Crippen LogP contribution >= 0.6 is 7.60 Å². The second-order valence-electron chi connectivity index (χ2n) is 5.74. The minimum Gasteiger partial charge on any atom is -0.368 e. The molecule has 0 fully saturated rings. The maximum Gasteiger partial charge on any atom is 0.350 e. The molecule has 13 nitrogen and oxygen atoms in total. The summed E-state index contributed by atoms with van der Waals surface area (Å²) in [5.41, 5.74) is 7.79. The van der Waals surface area contributed by atoms with Gasteiger partial charge in [0, 0.05) is 6.54 Å². The van der Waals surface area contributed by atoms with Crippen LogP contribution in [0.15, 0.2) is 30.6 Å². The number of para-hydroxylation sites is 1. The van der Waals surface area contributed by atoms with E-state index in [1.54, 1.807) is 16.7 Å². The molecule has 0 unspecified atom stereocenters. The lowest BCUT2D eigenvalue weighted by molar-refractivity contribution is 0.149. The van der Waals surface area contributed by atoms with E-state index in [2.05, 4.69) is 25.3 Å². The van der Waals surface area contributed by atoms with Gasteiger partial charge in [0.25, 0.3) is 5.88 Å². The van der Waals surface area contributed by atoms with Crippen molar-refractivity contribution in [1.29, 1.82) is 0 Å². The first kappa shape index (κ1) is 18.3. The highest BCUT2D eigenvalue weighted by Gasteiger charge is 2.17. The summed E-state index contributed by atoms with van der Waals surface area (Å²) in [4.78, 5) is 37.0. The van der Waals surface area contributed by atoms with Gasteiger partial charge in [-0.2, -0.15) is 9.97 Å². The number of imidazole rings is 1. The van der Waals surface area contributed by atoms with Crippen molar-refractivity contribution in [3.05, 3.63) is 30.6 Å². The molecule has 0 aliphatic carbocycles. The normalized spacial score (nSPS) is 12.1. The van der Waals surface area contributed by atoms with Crippen LogP contribution in [0.1, 0.15) is 0 Å². The average Bonchev–Trinajstić information content (AvgIpc) is 3.23. The van der Waals surface area contributed by atoms with Gasteiger partial charge in [0.2, 0.25) is 5.95 Å². The molecule has 4 aromatic rings. The molecule has 1 aromatic carbocycles. The molecule has 0 radical (unpaired) electrons. The Balaban J connectivity index is 1.59. The SMILES string of the molecule is Nc1nc(On2nnc3ccccc32)c2ncn(CCOCP(=O)(O)O)c2n1. The Bertz CT molecular complexity index is 1190. The number of benzene rings is 1. The zero-order valence-corrected chi connectivity index (χ0v) is 15.2. The number of aromatic nitrogens is 7. The van der Waals surface area contributed by atoms with Gasteiger partial charge in [-0.1, -0.05) is 17.0 Å². The molecule has 4 N–H and O–H groups in total. The summed E-state index contributed by atoms with van der Waals surface area (Å²) < 4.78 is 17.4. The van der Waals surface area contributed by atoms with Gasteiger partial charge in [-0.15, -0.1) is 5.10 Å². The zero-order valence-electron chi connectivity index (χ0n) is 14.3. The Hall–Kier alpha value is -3.12.